The Balaban J connectivity index is 2.26. The number of halogens is 1. The van der Waals surface area contributed by atoms with Gasteiger partial charge in [-0.1, -0.05) is 29.8 Å². The number of rotatable bonds is 5. The van der Waals surface area contributed by atoms with Gasteiger partial charge in [0.1, 0.15) is 5.75 Å². The molecule has 0 saturated carbocycles. The van der Waals surface area contributed by atoms with E-state index in [1.165, 1.54) is 0 Å². The summed E-state index contributed by atoms with van der Waals surface area (Å²) in [6.45, 7) is 2.97. The zero-order chi connectivity index (χ0) is 13.7. The molecule has 0 aliphatic rings. The van der Waals surface area contributed by atoms with E-state index in [0.29, 0.717) is 35.4 Å². The van der Waals surface area contributed by atoms with Crippen molar-refractivity contribution in [1.29, 1.82) is 0 Å². The molecule has 3 nitrogen and oxygen atoms in total. The molecule has 0 aliphatic heterocycles. The molecule has 0 atom stereocenters. The van der Waals surface area contributed by atoms with Gasteiger partial charge in [0, 0.05) is 6.54 Å². The third-order valence-electron chi connectivity index (χ3n) is 2.60. The van der Waals surface area contributed by atoms with Crippen LogP contribution in [-0.2, 0) is 6.54 Å². The maximum absolute atomic E-state index is 6.17. The lowest BCUT2D eigenvalue weighted by Crippen LogP contribution is -1.97. The van der Waals surface area contributed by atoms with Crippen LogP contribution >= 0.6 is 11.6 Å². The molecule has 19 heavy (non-hydrogen) atoms. The molecule has 0 heterocycles. The second-order valence-corrected chi connectivity index (χ2v) is 4.36. The first kappa shape index (κ1) is 13.7. The summed E-state index contributed by atoms with van der Waals surface area (Å²) >= 11 is 6.17. The molecule has 100 valence electrons. The van der Waals surface area contributed by atoms with Crippen LogP contribution < -0.4 is 15.2 Å². The predicted octanol–water partition coefficient (Wildman–Crippen LogP) is 3.99. The Labute approximate surface area is 117 Å². The number of hydrogen-bond donors (Lipinski definition) is 1. The smallest absolute Gasteiger partial charge is 0.169 e. The molecule has 0 saturated heterocycles. The Hall–Kier alpha value is -1.71. The van der Waals surface area contributed by atoms with Crippen molar-refractivity contribution in [2.24, 2.45) is 5.73 Å². The summed E-state index contributed by atoms with van der Waals surface area (Å²) in [6, 6.07) is 13.0. The van der Waals surface area contributed by atoms with Crippen LogP contribution in [-0.4, -0.2) is 6.61 Å². The Morgan fingerprint density at radius 1 is 1.05 bits per heavy atom. The van der Waals surface area contributed by atoms with E-state index in [1.807, 2.05) is 43.3 Å². The number of hydrogen-bond acceptors (Lipinski definition) is 3. The largest absolute Gasteiger partial charge is 0.490 e. The van der Waals surface area contributed by atoms with Crippen LogP contribution in [0.3, 0.4) is 0 Å². The van der Waals surface area contributed by atoms with Crippen molar-refractivity contribution in [1.82, 2.24) is 0 Å². The molecule has 0 bridgehead atoms. The van der Waals surface area contributed by atoms with Crippen LogP contribution in [0.1, 0.15) is 12.5 Å². The van der Waals surface area contributed by atoms with E-state index in [1.54, 1.807) is 6.07 Å². The normalized spacial score (nSPS) is 10.3. The fourth-order valence-corrected chi connectivity index (χ4v) is 1.92. The minimum absolute atomic E-state index is 0.454. The van der Waals surface area contributed by atoms with Gasteiger partial charge in [-0.25, -0.2) is 0 Å². The number of nitrogens with two attached hydrogens (primary N) is 1. The van der Waals surface area contributed by atoms with Crippen molar-refractivity contribution in [2.45, 2.75) is 13.5 Å². The Bertz CT molecular complexity index is 558. The van der Waals surface area contributed by atoms with Gasteiger partial charge in [-0.15, -0.1) is 0 Å². The first-order chi connectivity index (χ1) is 9.24. The quantitative estimate of drug-likeness (QED) is 0.899. The lowest BCUT2D eigenvalue weighted by Gasteiger charge is -2.12. The molecule has 0 fully saturated rings. The maximum Gasteiger partial charge on any atom is 0.169 e. The first-order valence-electron chi connectivity index (χ1n) is 6.12. The summed E-state index contributed by atoms with van der Waals surface area (Å²) in [6.07, 6.45) is 0. The lowest BCUT2D eigenvalue weighted by atomic mass is 10.2. The molecular weight excluding hydrogens is 262 g/mol. The van der Waals surface area contributed by atoms with Gasteiger partial charge in [-0.3, -0.25) is 0 Å². The second kappa shape index (κ2) is 6.45. The monoisotopic (exact) mass is 277 g/mol. The number of ether oxygens (including phenoxy) is 2. The van der Waals surface area contributed by atoms with Gasteiger partial charge in [-0.2, -0.15) is 0 Å². The number of para-hydroxylation sites is 2. The zero-order valence-corrected chi connectivity index (χ0v) is 11.5. The summed E-state index contributed by atoms with van der Waals surface area (Å²) in [4.78, 5) is 0. The fourth-order valence-electron chi connectivity index (χ4n) is 1.68. The highest BCUT2D eigenvalue weighted by molar-refractivity contribution is 6.32. The third kappa shape index (κ3) is 3.40. The predicted molar refractivity (Wildman–Crippen MR) is 77.0 cm³/mol. The Kier molecular flexibility index (Phi) is 4.66. The van der Waals surface area contributed by atoms with Crippen molar-refractivity contribution in [3.05, 3.63) is 53.1 Å². The summed E-state index contributed by atoms with van der Waals surface area (Å²) in [5, 5.41) is 0.536. The van der Waals surface area contributed by atoms with Gasteiger partial charge in [0.05, 0.1) is 11.6 Å². The average Bonchev–Trinajstić information content (AvgIpc) is 2.43. The Morgan fingerprint density at radius 3 is 2.42 bits per heavy atom. The number of benzene rings is 2. The van der Waals surface area contributed by atoms with E-state index < -0.39 is 0 Å². The van der Waals surface area contributed by atoms with E-state index in [0.717, 1.165) is 5.56 Å². The maximum atomic E-state index is 6.17. The molecule has 2 aromatic carbocycles. The van der Waals surface area contributed by atoms with Crippen LogP contribution in [0.15, 0.2) is 42.5 Å². The van der Waals surface area contributed by atoms with Crippen LogP contribution in [0.2, 0.25) is 5.02 Å². The van der Waals surface area contributed by atoms with E-state index in [2.05, 4.69) is 0 Å². The molecule has 0 aliphatic carbocycles. The van der Waals surface area contributed by atoms with Crippen LogP contribution in [0.4, 0.5) is 0 Å². The highest BCUT2D eigenvalue weighted by Gasteiger charge is 2.08. The van der Waals surface area contributed by atoms with Crippen molar-refractivity contribution in [3.63, 3.8) is 0 Å². The summed E-state index contributed by atoms with van der Waals surface area (Å²) < 4.78 is 11.3. The first-order valence-corrected chi connectivity index (χ1v) is 6.50. The van der Waals surface area contributed by atoms with E-state index in [-0.39, 0.29) is 0 Å². The van der Waals surface area contributed by atoms with Crippen molar-refractivity contribution in [3.8, 4) is 17.2 Å². The molecule has 2 N–H and O–H groups in total. The fraction of sp³-hybridized carbons (Fsp3) is 0.200. The lowest BCUT2D eigenvalue weighted by molar-refractivity contribution is 0.321. The van der Waals surface area contributed by atoms with Gasteiger partial charge >= 0.3 is 0 Å². The summed E-state index contributed by atoms with van der Waals surface area (Å²) in [7, 11) is 0. The second-order valence-electron chi connectivity index (χ2n) is 3.95. The van der Waals surface area contributed by atoms with Gasteiger partial charge in [-0.05, 0) is 36.8 Å². The molecular formula is C15H16ClNO2. The SMILES string of the molecule is CCOc1ccccc1Oc1ccc(CN)cc1Cl. The molecule has 0 amide bonds. The Morgan fingerprint density at radius 2 is 1.79 bits per heavy atom. The highest BCUT2D eigenvalue weighted by Crippen LogP contribution is 2.35. The molecule has 0 spiro atoms. The molecule has 4 heteroatoms. The van der Waals surface area contributed by atoms with Gasteiger partial charge < -0.3 is 15.2 Å². The van der Waals surface area contributed by atoms with E-state index in [9.17, 15) is 0 Å². The standard InChI is InChI=1S/C15H16ClNO2/c1-2-18-14-5-3-4-6-15(14)19-13-8-7-11(10-17)9-12(13)16/h3-9H,2,10,17H2,1H3. The molecule has 0 aromatic heterocycles. The molecule has 2 rings (SSSR count). The third-order valence-corrected chi connectivity index (χ3v) is 2.90. The van der Waals surface area contributed by atoms with Crippen LogP contribution in [0.25, 0.3) is 0 Å². The minimum atomic E-state index is 0.454. The van der Waals surface area contributed by atoms with E-state index >= 15 is 0 Å². The molecule has 0 radical (unpaired) electrons. The topological polar surface area (TPSA) is 44.5 Å². The van der Waals surface area contributed by atoms with Crippen molar-refractivity contribution in [2.75, 3.05) is 6.61 Å². The van der Waals surface area contributed by atoms with Crippen molar-refractivity contribution >= 4 is 11.6 Å². The summed E-state index contributed by atoms with van der Waals surface area (Å²) in [5.74, 6) is 1.93. The zero-order valence-electron chi connectivity index (χ0n) is 10.7. The van der Waals surface area contributed by atoms with E-state index in [4.69, 9.17) is 26.8 Å². The minimum Gasteiger partial charge on any atom is -0.490 e. The van der Waals surface area contributed by atoms with Crippen LogP contribution in [0, 0.1) is 0 Å². The molecule has 2 aromatic rings. The summed E-state index contributed by atoms with van der Waals surface area (Å²) in [5.41, 5.74) is 6.53. The molecule has 0 unspecified atom stereocenters. The van der Waals surface area contributed by atoms with Gasteiger partial charge in [0.2, 0.25) is 0 Å². The van der Waals surface area contributed by atoms with Gasteiger partial charge in [0.25, 0.3) is 0 Å². The van der Waals surface area contributed by atoms with Crippen LogP contribution in [0.5, 0.6) is 17.2 Å². The highest BCUT2D eigenvalue weighted by atomic mass is 35.5. The van der Waals surface area contributed by atoms with Gasteiger partial charge in [0.15, 0.2) is 11.5 Å². The van der Waals surface area contributed by atoms with Crippen molar-refractivity contribution < 1.29 is 9.47 Å². The average molecular weight is 278 g/mol.